The van der Waals surface area contributed by atoms with Gasteiger partial charge in [-0.05, 0) is 25.1 Å². The third kappa shape index (κ3) is 2.92. The number of hydrogen-bond donors (Lipinski definition) is 1. The van der Waals surface area contributed by atoms with Gasteiger partial charge in [0.05, 0.1) is 18.2 Å². The lowest BCUT2D eigenvalue weighted by molar-refractivity contribution is -0.121. The fraction of sp³-hybridized carbons (Fsp3) is 0.429. The maximum atomic E-state index is 12.2. The second-order valence-electron chi connectivity index (χ2n) is 4.76. The third-order valence-corrected chi connectivity index (χ3v) is 3.50. The van der Waals surface area contributed by atoms with Crippen molar-refractivity contribution in [3.63, 3.8) is 0 Å². The van der Waals surface area contributed by atoms with Crippen LogP contribution in [-0.2, 0) is 4.79 Å². The summed E-state index contributed by atoms with van der Waals surface area (Å²) in [6.45, 7) is 4.41. The second-order valence-corrected chi connectivity index (χ2v) is 4.76. The Morgan fingerprint density at radius 3 is 2.89 bits per heavy atom. The van der Waals surface area contributed by atoms with E-state index in [0.29, 0.717) is 25.2 Å². The summed E-state index contributed by atoms with van der Waals surface area (Å²) in [4.78, 5) is 16.0. The van der Waals surface area contributed by atoms with Crippen molar-refractivity contribution in [2.45, 2.75) is 13.0 Å². The number of carbonyl (C=O) groups excluding carboxylic acids is 1. The normalized spacial score (nSPS) is 18.2. The van der Waals surface area contributed by atoms with Crippen molar-refractivity contribution < 1.29 is 4.79 Å². The summed E-state index contributed by atoms with van der Waals surface area (Å²) in [5, 5.41) is 8.90. The Balaban J connectivity index is 2.12. The molecule has 1 aliphatic heterocycles. The number of anilines is 1. The Morgan fingerprint density at radius 1 is 1.47 bits per heavy atom. The highest BCUT2D eigenvalue weighted by Gasteiger charge is 2.27. The van der Waals surface area contributed by atoms with Gasteiger partial charge in [-0.25, -0.2) is 0 Å². The van der Waals surface area contributed by atoms with Crippen molar-refractivity contribution in [3.05, 3.63) is 29.8 Å². The van der Waals surface area contributed by atoms with Crippen LogP contribution in [0, 0.1) is 11.3 Å². The molecule has 0 spiro atoms. The van der Waals surface area contributed by atoms with E-state index < -0.39 is 0 Å². The summed E-state index contributed by atoms with van der Waals surface area (Å²) in [7, 11) is 0. The van der Waals surface area contributed by atoms with Crippen molar-refractivity contribution in [1.29, 1.82) is 5.26 Å². The van der Waals surface area contributed by atoms with Crippen molar-refractivity contribution in [2.75, 3.05) is 31.1 Å². The minimum atomic E-state index is 0.0571. The summed E-state index contributed by atoms with van der Waals surface area (Å²) >= 11 is 0. The van der Waals surface area contributed by atoms with Crippen LogP contribution in [0.2, 0.25) is 0 Å². The van der Waals surface area contributed by atoms with Gasteiger partial charge in [-0.1, -0.05) is 6.07 Å². The lowest BCUT2D eigenvalue weighted by atomic mass is 10.1. The highest BCUT2D eigenvalue weighted by Crippen LogP contribution is 2.19. The van der Waals surface area contributed by atoms with Crippen LogP contribution in [0.25, 0.3) is 0 Å². The van der Waals surface area contributed by atoms with Gasteiger partial charge in [0.1, 0.15) is 0 Å². The molecule has 5 heteroatoms. The topological polar surface area (TPSA) is 73.4 Å². The van der Waals surface area contributed by atoms with E-state index in [1.54, 1.807) is 23.1 Å². The standard InChI is InChI=1S/C14H18N4O/c1-11(8-15)17-5-6-18(14(19)10-17)13-4-2-3-12(7-13)9-16/h2-4,7,11H,5-6,8,10,15H2,1H3. The Kier molecular flexibility index (Phi) is 4.15. The molecule has 1 saturated heterocycles. The van der Waals surface area contributed by atoms with Crippen LogP contribution in [0.4, 0.5) is 5.69 Å². The molecule has 1 aromatic rings. The molecule has 2 N–H and O–H groups in total. The van der Waals surface area contributed by atoms with E-state index >= 15 is 0 Å². The highest BCUT2D eigenvalue weighted by molar-refractivity contribution is 5.95. The summed E-state index contributed by atoms with van der Waals surface area (Å²) in [6.07, 6.45) is 0. The van der Waals surface area contributed by atoms with Gasteiger partial charge in [0, 0.05) is 31.4 Å². The molecule has 0 aliphatic carbocycles. The van der Waals surface area contributed by atoms with Gasteiger partial charge in [-0.15, -0.1) is 0 Å². The quantitative estimate of drug-likeness (QED) is 0.859. The van der Waals surface area contributed by atoms with Gasteiger partial charge in [-0.2, -0.15) is 5.26 Å². The zero-order valence-corrected chi connectivity index (χ0v) is 11.0. The molecular formula is C14H18N4O. The van der Waals surface area contributed by atoms with Gasteiger partial charge in [-0.3, -0.25) is 9.69 Å². The first-order valence-corrected chi connectivity index (χ1v) is 6.40. The molecule has 1 aromatic carbocycles. The van der Waals surface area contributed by atoms with Crippen LogP contribution in [-0.4, -0.2) is 43.0 Å². The fourth-order valence-corrected chi connectivity index (χ4v) is 2.23. The van der Waals surface area contributed by atoms with Gasteiger partial charge in [0.15, 0.2) is 0 Å². The monoisotopic (exact) mass is 258 g/mol. The van der Waals surface area contributed by atoms with Crippen LogP contribution in [0.1, 0.15) is 12.5 Å². The first-order valence-electron chi connectivity index (χ1n) is 6.40. The summed E-state index contributed by atoms with van der Waals surface area (Å²) in [5.41, 5.74) is 7.00. The Hall–Kier alpha value is -1.90. The first-order chi connectivity index (χ1) is 9.15. The van der Waals surface area contributed by atoms with Gasteiger partial charge in [0.25, 0.3) is 0 Å². The number of nitrogens with zero attached hydrogens (tertiary/aromatic N) is 3. The van der Waals surface area contributed by atoms with Crippen LogP contribution in [0.5, 0.6) is 0 Å². The average molecular weight is 258 g/mol. The SMILES string of the molecule is CC(CN)N1CCN(c2cccc(C#N)c2)C(=O)C1. The second kappa shape index (κ2) is 5.83. The molecule has 2 rings (SSSR count). The van der Waals surface area contributed by atoms with Gasteiger partial charge >= 0.3 is 0 Å². The molecule has 1 heterocycles. The van der Waals surface area contributed by atoms with E-state index in [9.17, 15) is 4.79 Å². The molecule has 100 valence electrons. The molecule has 19 heavy (non-hydrogen) atoms. The van der Waals surface area contributed by atoms with Crippen molar-refractivity contribution in [3.8, 4) is 6.07 Å². The predicted molar refractivity (Wildman–Crippen MR) is 73.6 cm³/mol. The fourth-order valence-electron chi connectivity index (χ4n) is 2.23. The molecule has 0 aromatic heterocycles. The van der Waals surface area contributed by atoms with Crippen molar-refractivity contribution in [1.82, 2.24) is 4.90 Å². The van der Waals surface area contributed by atoms with Gasteiger partial charge in [0.2, 0.25) is 5.91 Å². The third-order valence-electron chi connectivity index (χ3n) is 3.50. The smallest absolute Gasteiger partial charge is 0.241 e. The molecule has 0 radical (unpaired) electrons. The van der Waals surface area contributed by atoms with E-state index in [0.717, 1.165) is 12.2 Å². The molecule has 0 saturated carbocycles. The van der Waals surface area contributed by atoms with Crippen LogP contribution < -0.4 is 10.6 Å². The van der Waals surface area contributed by atoms with E-state index in [1.165, 1.54) is 0 Å². The first kappa shape index (κ1) is 13.5. The highest BCUT2D eigenvalue weighted by atomic mass is 16.2. The van der Waals surface area contributed by atoms with E-state index in [2.05, 4.69) is 11.0 Å². The summed E-state index contributed by atoms with van der Waals surface area (Å²) < 4.78 is 0. The maximum absolute atomic E-state index is 12.2. The Labute approximate surface area is 113 Å². The minimum Gasteiger partial charge on any atom is -0.329 e. The number of nitrogens with two attached hydrogens (primary N) is 1. The number of carbonyl (C=O) groups is 1. The number of benzene rings is 1. The molecule has 1 atom stereocenters. The van der Waals surface area contributed by atoms with Crippen LogP contribution in [0.3, 0.4) is 0 Å². The number of hydrogen-bond acceptors (Lipinski definition) is 4. The van der Waals surface area contributed by atoms with E-state index in [1.807, 2.05) is 13.0 Å². The number of nitriles is 1. The van der Waals surface area contributed by atoms with Crippen molar-refractivity contribution in [2.24, 2.45) is 5.73 Å². The number of piperazine rings is 1. The molecule has 1 amide bonds. The molecule has 0 bridgehead atoms. The number of amides is 1. The lowest BCUT2D eigenvalue weighted by Gasteiger charge is -2.37. The molecule has 1 aliphatic rings. The zero-order chi connectivity index (χ0) is 13.8. The molecular weight excluding hydrogens is 240 g/mol. The summed E-state index contributed by atoms with van der Waals surface area (Å²) in [6, 6.07) is 9.46. The number of rotatable bonds is 3. The average Bonchev–Trinajstić information content (AvgIpc) is 2.46. The van der Waals surface area contributed by atoms with Crippen LogP contribution >= 0.6 is 0 Å². The van der Waals surface area contributed by atoms with Crippen molar-refractivity contribution >= 4 is 11.6 Å². The lowest BCUT2D eigenvalue weighted by Crippen LogP contribution is -2.54. The maximum Gasteiger partial charge on any atom is 0.241 e. The van der Waals surface area contributed by atoms with E-state index in [4.69, 9.17) is 11.0 Å². The minimum absolute atomic E-state index is 0.0571. The Bertz CT molecular complexity index is 508. The largest absolute Gasteiger partial charge is 0.329 e. The summed E-state index contributed by atoms with van der Waals surface area (Å²) in [5.74, 6) is 0.0571. The van der Waals surface area contributed by atoms with Crippen LogP contribution in [0.15, 0.2) is 24.3 Å². The van der Waals surface area contributed by atoms with E-state index in [-0.39, 0.29) is 11.9 Å². The predicted octanol–water partition coefficient (Wildman–Crippen LogP) is 0.554. The Morgan fingerprint density at radius 2 is 2.26 bits per heavy atom. The molecule has 1 unspecified atom stereocenters. The zero-order valence-electron chi connectivity index (χ0n) is 11.0. The van der Waals surface area contributed by atoms with Gasteiger partial charge < -0.3 is 10.6 Å². The molecule has 1 fully saturated rings. The molecule has 5 nitrogen and oxygen atoms in total.